The quantitative estimate of drug-likeness (QED) is 0.412. The third-order valence-electron chi connectivity index (χ3n) is 3.69. The maximum absolute atomic E-state index is 4.25. The summed E-state index contributed by atoms with van der Waals surface area (Å²) in [6.45, 7) is 16.0. The Hall–Kier alpha value is -2.84. The SMILES string of the molecule is C=C/C=C\C(=C)C(=C)/C=C\C(=C)N(c1ccccc1)c1cccc(Br)c1. The van der Waals surface area contributed by atoms with Gasteiger partial charge in [-0.2, -0.15) is 0 Å². The predicted octanol–water partition coefficient (Wildman–Crippen LogP) is 7.51. The van der Waals surface area contributed by atoms with Gasteiger partial charge in [-0.1, -0.05) is 90.8 Å². The predicted molar refractivity (Wildman–Crippen MR) is 119 cm³/mol. The molecule has 0 saturated carbocycles. The van der Waals surface area contributed by atoms with E-state index in [2.05, 4.69) is 71.4 Å². The molecule has 0 aliphatic heterocycles. The molecule has 0 fully saturated rings. The number of benzene rings is 2. The van der Waals surface area contributed by atoms with Crippen molar-refractivity contribution >= 4 is 27.3 Å². The highest BCUT2D eigenvalue weighted by molar-refractivity contribution is 9.10. The molecule has 0 aliphatic carbocycles. The van der Waals surface area contributed by atoms with Gasteiger partial charge in [0.05, 0.1) is 0 Å². The summed E-state index contributed by atoms with van der Waals surface area (Å²) in [7, 11) is 0. The second-order valence-electron chi connectivity index (χ2n) is 5.62. The van der Waals surface area contributed by atoms with Crippen molar-refractivity contribution in [1.29, 1.82) is 0 Å². The van der Waals surface area contributed by atoms with Gasteiger partial charge in [0, 0.05) is 21.5 Å². The number of allylic oxidation sites excluding steroid dienone is 7. The van der Waals surface area contributed by atoms with Crippen LogP contribution in [0, 0.1) is 0 Å². The van der Waals surface area contributed by atoms with Gasteiger partial charge in [-0.25, -0.2) is 0 Å². The lowest BCUT2D eigenvalue weighted by Crippen LogP contribution is -2.14. The lowest BCUT2D eigenvalue weighted by molar-refractivity contribution is 1.21. The summed E-state index contributed by atoms with van der Waals surface area (Å²) in [5.41, 5.74) is 4.55. The number of para-hydroxylation sites is 1. The first kappa shape index (κ1) is 19.5. The monoisotopic (exact) mass is 403 g/mol. The van der Waals surface area contributed by atoms with Crippen LogP contribution in [0.5, 0.6) is 0 Å². The van der Waals surface area contributed by atoms with Crippen molar-refractivity contribution in [3.8, 4) is 0 Å². The number of halogens is 1. The van der Waals surface area contributed by atoms with Gasteiger partial charge in [-0.3, -0.25) is 0 Å². The van der Waals surface area contributed by atoms with Crippen molar-refractivity contribution in [2.75, 3.05) is 4.90 Å². The smallest absolute Gasteiger partial charge is 0.0472 e. The molecule has 0 amide bonds. The Bertz CT molecular complexity index is 872. The number of anilines is 2. The Kier molecular flexibility index (Phi) is 7.19. The maximum Gasteiger partial charge on any atom is 0.0472 e. The minimum Gasteiger partial charge on any atom is -0.311 e. The van der Waals surface area contributed by atoms with E-state index < -0.39 is 0 Å². The van der Waals surface area contributed by atoms with Gasteiger partial charge in [-0.15, -0.1) is 0 Å². The first-order chi connectivity index (χ1) is 12.5. The third kappa shape index (κ3) is 5.33. The molecule has 0 unspecified atom stereocenters. The standard InChI is InChI=1S/C24H22BrN/c1-5-6-11-19(2)20(3)16-17-21(4)26(23-13-8-7-9-14-23)24-15-10-12-22(25)18-24/h5-18H,1-4H2/b11-6-,17-16-. The van der Waals surface area contributed by atoms with E-state index in [9.17, 15) is 0 Å². The Morgan fingerprint density at radius 2 is 1.46 bits per heavy atom. The van der Waals surface area contributed by atoms with Crippen LogP contribution in [0.15, 0.2) is 133 Å². The Labute approximate surface area is 164 Å². The van der Waals surface area contributed by atoms with Crippen LogP contribution in [0.1, 0.15) is 0 Å². The van der Waals surface area contributed by atoms with E-state index in [1.54, 1.807) is 6.08 Å². The average Bonchev–Trinajstić information content (AvgIpc) is 2.65. The van der Waals surface area contributed by atoms with Crippen molar-refractivity contribution in [3.63, 3.8) is 0 Å². The van der Waals surface area contributed by atoms with Crippen LogP contribution in [0.2, 0.25) is 0 Å². The second kappa shape index (κ2) is 9.59. The largest absolute Gasteiger partial charge is 0.311 e. The number of hydrogen-bond acceptors (Lipinski definition) is 1. The van der Waals surface area contributed by atoms with Crippen LogP contribution < -0.4 is 4.90 Å². The van der Waals surface area contributed by atoms with Crippen LogP contribution in [-0.4, -0.2) is 0 Å². The minimum atomic E-state index is 0.825. The van der Waals surface area contributed by atoms with Gasteiger partial charge in [0.2, 0.25) is 0 Å². The summed E-state index contributed by atoms with van der Waals surface area (Å²) in [5.74, 6) is 0. The molecule has 0 bridgehead atoms. The molecular weight excluding hydrogens is 382 g/mol. The Morgan fingerprint density at radius 3 is 2.12 bits per heavy atom. The van der Waals surface area contributed by atoms with Crippen LogP contribution >= 0.6 is 15.9 Å². The number of hydrogen-bond donors (Lipinski definition) is 0. The van der Waals surface area contributed by atoms with Gasteiger partial charge in [0.15, 0.2) is 0 Å². The summed E-state index contributed by atoms with van der Waals surface area (Å²) in [5, 5.41) is 0. The van der Waals surface area contributed by atoms with Crippen LogP contribution in [0.25, 0.3) is 0 Å². The fourth-order valence-electron chi connectivity index (χ4n) is 2.34. The van der Waals surface area contributed by atoms with Crippen molar-refractivity contribution in [1.82, 2.24) is 0 Å². The molecule has 0 atom stereocenters. The van der Waals surface area contributed by atoms with Crippen molar-refractivity contribution in [2.45, 2.75) is 0 Å². The van der Waals surface area contributed by atoms with E-state index in [1.807, 2.05) is 54.6 Å². The normalized spacial score (nSPS) is 10.8. The molecule has 0 heterocycles. The molecule has 2 aromatic carbocycles. The molecule has 0 saturated heterocycles. The molecule has 0 spiro atoms. The van der Waals surface area contributed by atoms with Crippen molar-refractivity contribution < 1.29 is 0 Å². The molecular formula is C24H22BrN. The summed E-state index contributed by atoms with van der Waals surface area (Å²) >= 11 is 3.54. The lowest BCUT2D eigenvalue weighted by Gasteiger charge is -2.25. The highest BCUT2D eigenvalue weighted by Gasteiger charge is 2.11. The summed E-state index contributed by atoms with van der Waals surface area (Å²) in [6.07, 6.45) is 9.31. The van der Waals surface area contributed by atoms with Crippen LogP contribution in [0.4, 0.5) is 11.4 Å². The van der Waals surface area contributed by atoms with Crippen molar-refractivity contribution in [3.05, 3.63) is 133 Å². The minimum absolute atomic E-state index is 0.825. The zero-order valence-electron chi connectivity index (χ0n) is 14.7. The first-order valence-corrected chi connectivity index (χ1v) is 8.97. The van der Waals surface area contributed by atoms with Gasteiger partial charge in [0.1, 0.15) is 0 Å². The van der Waals surface area contributed by atoms with Crippen molar-refractivity contribution in [2.24, 2.45) is 0 Å². The zero-order valence-corrected chi connectivity index (χ0v) is 16.3. The second-order valence-corrected chi connectivity index (χ2v) is 6.54. The average molecular weight is 404 g/mol. The van der Waals surface area contributed by atoms with Gasteiger partial charge >= 0.3 is 0 Å². The summed E-state index contributed by atoms with van der Waals surface area (Å²) in [4.78, 5) is 2.09. The highest BCUT2D eigenvalue weighted by atomic mass is 79.9. The maximum atomic E-state index is 4.25. The number of nitrogens with zero attached hydrogens (tertiary/aromatic N) is 1. The van der Waals surface area contributed by atoms with Gasteiger partial charge in [0.25, 0.3) is 0 Å². The van der Waals surface area contributed by atoms with E-state index in [0.717, 1.165) is 32.7 Å². The van der Waals surface area contributed by atoms with E-state index in [0.29, 0.717) is 0 Å². The molecule has 26 heavy (non-hydrogen) atoms. The van der Waals surface area contributed by atoms with E-state index in [-0.39, 0.29) is 0 Å². The van der Waals surface area contributed by atoms with Crippen LogP contribution in [0.3, 0.4) is 0 Å². The fourth-order valence-corrected chi connectivity index (χ4v) is 2.73. The molecule has 0 radical (unpaired) electrons. The molecule has 0 aliphatic rings. The zero-order chi connectivity index (χ0) is 18.9. The first-order valence-electron chi connectivity index (χ1n) is 8.18. The summed E-state index contributed by atoms with van der Waals surface area (Å²) < 4.78 is 1.01. The van der Waals surface area contributed by atoms with Crippen LogP contribution in [-0.2, 0) is 0 Å². The van der Waals surface area contributed by atoms with E-state index in [4.69, 9.17) is 0 Å². The molecule has 2 aromatic rings. The highest BCUT2D eigenvalue weighted by Crippen LogP contribution is 2.31. The Balaban J connectivity index is 2.31. The van der Waals surface area contributed by atoms with E-state index in [1.165, 1.54) is 0 Å². The molecule has 2 rings (SSSR count). The lowest BCUT2D eigenvalue weighted by atomic mass is 10.1. The third-order valence-corrected chi connectivity index (χ3v) is 4.18. The van der Waals surface area contributed by atoms with Gasteiger partial charge < -0.3 is 4.90 Å². The van der Waals surface area contributed by atoms with E-state index >= 15 is 0 Å². The van der Waals surface area contributed by atoms with Gasteiger partial charge in [-0.05, 0) is 47.6 Å². The number of rotatable bonds is 8. The molecule has 0 aromatic heterocycles. The molecule has 0 N–H and O–H groups in total. The Morgan fingerprint density at radius 1 is 0.808 bits per heavy atom. The molecule has 130 valence electrons. The molecule has 2 heteroatoms. The summed E-state index contributed by atoms with van der Waals surface area (Å²) in [6, 6.07) is 18.3. The fraction of sp³-hybridized carbons (Fsp3) is 0. The molecule has 1 nitrogen and oxygen atoms in total. The topological polar surface area (TPSA) is 3.24 Å².